The molecule has 2 aliphatic heterocycles. The molecule has 72 valence electrons. The number of urea groups is 1. The molecule has 0 unspecified atom stereocenters. The summed E-state index contributed by atoms with van der Waals surface area (Å²) in [7, 11) is 3.87. The van der Waals surface area contributed by atoms with Gasteiger partial charge >= 0.3 is 6.03 Å². The molecule has 0 aromatic heterocycles. The van der Waals surface area contributed by atoms with E-state index < -0.39 is 5.54 Å². The quantitative estimate of drug-likeness (QED) is 0.301. The molecule has 0 aromatic carbocycles. The molecule has 5 heteroatoms. The van der Waals surface area contributed by atoms with Crippen molar-refractivity contribution in [3.05, 3.63) is 7.05 Å². The molecule has 3 amide bonds. The molecule has 2 saturated heterocycles. The standard InChI is InChI=1S/C8H13N3O2/c1-11-4-2-8(3-5-11)6(12)9-7(13)10-8/h11H,1-5H2,(H2,9,10,12,13). The summed E-state index contributed by atoms with van der Waals surface area (Å²) >= 11 is 0. The van der Waals surface area contributed by atoms with Crippen LogP contribution in [-0.2, 0) is 4.79 Å². The summed E-state index contributed by atoms with van der Waals surface area (Å²) in [5.41, 5.74) is -0.627. The molecule has 1 spiro atoms. The van der Waals surface area contributed by atoms with Crippen LogP contribution in [0.1, 0.15) is 12.8 Å². The third-order valence-corrected chi connectivity index (χ3v) is 2.83. The minimum Gasteiger partial charge on any atom is -0.468 e. The summed E-state index contributed by atoms with van der Waals surface area (Å²) in [6.07, 6.45) is 1.37. The van der Waals surface area contributed by atoms with Crippen LogP contribution in [0.3, 0.4) is 0 Å². The predicted molar refractivity (Wildman–Crippen MR) is 44.7 cm³/mol. The Kier molecular flexibility index (Phi) is 1.76. The van der Waals surface area contributed by atoms with Gasteiger partial charge < -0.3 is 10.2 Å². The van der Waals surface area contributed by atoms with Crippen LogP contribution in [-0.4, -0.2) is 30.6 Å². The molecule has 2 heterocycles. The molecule has 0 aliphatic carbocycles. The number of piperidine rings is 1. The van der Waals surface area contributed by atoms with Gasteiger partial charge in [0, 0.05) is 12.8 Å². The van der Waals surface area contributed by atoms with E-state index in [1.54, 1.807) is 0 Å². The molecule has 3 N–H and O–H groups in total. The van der Waals surface area contributed by atoms with Crippen molar-refractivity contribution in [1.82, 2.24) is 10.6 Å². The van der Waals surface area contributed by atoms with Gasteiger partial charge in [0.15, 0.2) is 0 Å². The third-order valence-electron chi connectivity index (χ3n) is 2.83. The molecule has 0 radical (unpaired) electrons. The molecule has 2 aliphatic rings. The fourth-order valence-electron chi connectivity index (χ4n) is 1.91. The second-order valence-electron chi connectivity index (χ2n) is 3.74. The summed E-state index contributed by atoms with van der Waals surface area (Å²) in [6.45, 7) is 1.65. The zero-order valence-corrected chi connectivity index (χ0v) is 7.35. The molecule has 5 nitrogen and oxygen atoms in total. The van der Waals surface area contributed by atoms with Crippen molar-refractivity contribution in [2.75, 3.05) is 13.1 Å². The van der Waals surface area contributed by atoms with E-state index >= 15 is 0 Å². The minimum absolute atomic E-state index is 0.176. The maximum Gasteiger partial charge on any atom is 0.322 e. The Balaban J connectivity index is 2.13. The first-order valence-electron chi connectivity index (χ1n) is 4.43. The third kappa shape index (κ3) is 1.29. The number of likely N-dealkylation sites (tertiary alicyclic amines) is 1. The molecule has 0 atom stereocenters. The van der Waals surface area contributed by atoms with E-state index in [9.17, 15) is 9.59 Å². The molecule has 0 saturated carbocycles. The number of amides is 3. The van der Waals surface area contributed by atoms with Crippen molar-refractivity contribution in [2.24, 2.45) is 0 Å². The number of nitrogens with one attached hydrogen (secondary N) is 3. The molecule has 2 fully saturated rings. The predicted octanol–water partition coefficient (Wildman–Crippen LogP) is -1.97. The zero-order chi connectivity index (χ0) is 9.47. The number of hydrogen-bond acceptors (Lipinski definition) is 2. The lowest BCUT2D eigenvalue weighted by atomic mass is 9.88. The lowest BCUT2D eigenvalue weighted by Gasteiger charge is -2.36. The molecular formula is C8H13N3O2. The van der Waals surface area contributed by atoms with E-state index in [2.05, 4.69) is 17.7 Å². The summed E-state index contributed by atoms with van der Waals surface area (Å²) < 4.78 is 0. The number of carbonyl (C=O) groups is 2. The van der Waals surface area contributed by atoms with Crippen LogP contribution >= 0.6 is 0 Å². The molecule has 2 rings (SSSR count). The van der Waals surface area contributed by atoms with Gasteiger partial charge in [0.1, 0.15) is 5.54 Å². The van der Waals surface area contributed by atoms with Crippen molar-refractivity contribution in [3.63, 3.8) is 0 Å². The first-order valence-corrected chi connectivity index (χ1v) is 4.43. The number of carbonyl (C=O) groups excluding carboxylic acids is 2. The normalized spacial score (nSPS) is 39.0. The summed E-state index contributed by atoms with van der Waals surface area (Å²) in [5, 5.41) is 4.97. The second kappa shape index (κ2) is 2.70. The van der Waals surface area contributed by atoms with E-state index in [1.165, 1.54) is 4.90 Å². The van der Waals surface area contributed by atoms with Crippen molar-refractivity contribution in [2.45, 2.75) is 18.4 Å². The van der Waals surface area contributed by atoms with Gasteiger partial charge in [-0.1, -0.05) is 0 Å². The summed E-state index contributed by atoms with van der Waals surface area (Å²) in [6, 6.07) is -0.363. The van der Waals surface area contributed by atoms with Crippen molar-refractivity contribution in [3.8, 4) is 0 Å². The average molecular weight is 183 g/mol. The maximum absolute atomic E-state index is 11.4. The highest BCUT2D eigenvalue weighted by atomic mass is 16.2. The van der Waals surface area contributed by atoms with Crippen LogP contribution < -0.4 is 15.5 Å². The fourth-order valence-corrected chi connectivity index (χ4v) is 1.91. The highest BCUT2D eigenvalue weighted by Crippen LogP contribution is 2.20. The molecule has 0 aromatic rings. The molecule has 13 heavy (non-hydrogen) atoms. The first-order chi connectivity index (χ1) is 6.12. The Hall–Kier alpha value is -1.10. The number of rotatable bonds is 0. The van der Waals surface area contributed by atoms with Crippen molar-refractivity contribution in [1.29, 1.82) is 0 Å². The topological polar surface area (TPSA) is 62.6 Å². The Labute approximate surface area is 76.5 Å². The van der Waals surface area contributed by atoms with Gasteiger partial charge in [0.05, 0.1) is 13.1 Å². The average Bonchev–Trinajstić information content (AvgIpc) is 2.34. The lowest BCUT2D eigenvalue weighted by molar-refractivity contribution is -0.860. The van der Waals surface area contributed by atoms with Crippen LogP contribution in [0.2, 0.25) is 0 Å². The van der Waals surface area contributed by atoms with E-state index in [0.29, 0.717) is 12.8 Å². The van der Waals surface area contributed by atoms with Gasteiger partial charge in [0.25, 0.3) is 5.91 Å². The number of hydrogen-bond donors (Lipinski definition) is 3. The van der Waals surface area contributed by atoms with E-state index in [0.717, 1.165) is 13.1 Å². The molecule has 0 bridgehead atoms. The monoisotopic (exact) mass is 183 g/mol. The van der Waals surface area contributed by atoms with Crippen LogP contribution in [0.4, 0.5) is 4.79 Å². The van der Waals surface area contributed by atoms with E-state index in [-0.39, 0.29) is 11.9 Å². The van der Waals surface area contributed by atoms with Crippen molar-refractivity contribution < 1.29 is 14.5 Å². The highest BCUT2D eigenvalue weighted by Gasteiger charge is 2.48. The smallest absolute Gasteiger partial charge is 0.322 e. The van der Waals surface area contributed by atoms with Gasteiger partial charge in [-0.3, -0.25) is 10.1 Å². The highest BCUT2D eigenvalue weighted by molar-refractivity contribution is 6.07. The van der Waals surface area contributed by atoms with E-state index in [4.69, 9.17) is 0 Å². The van der Waals surface area contributed by atoms with Gasteiger partial charge in [-0.15, -0.1) is 0 Å². The zero-order valence-electron chi connectivity index (χ0n) is 7.35. The summed E-state index contributed by atoms with van der Waals surface area (Å²) in [4.78, 5) is 23.6. The Morgan fingerprint density at radius 2 is 1.92 bits per heavy atom. The van der Waals surface area contributed by atoms with Crippen LogP contribution in [0.5, 0.6) is 0 Å². The summed E-state index contributed by atoms with van der Waals surface area (Å²) in [5.74, 6) is -0.176. The largest absolute Gasteiger partial charge is 0.468 e. The SMILES string of the molecule is [CH2-][NH+]1CCC2(CC1)NC(=O)NC2=O. The van der Waals surface area contributed by atoms with Crippen molar-refractivity contribution >= 4 is 11.9 Å². The fraction of sp³-hybridized carbons (Fsp3) is 0.625. The number of quaternary nitrogens is 1. The van der Waals surface area contributed by atoms with Gasteiger partial charge in [-0.25, -0.2) is 4.79 Å². The maximum atomic E-state index is 11.4. The molecular weight excluding hydrogens is 170 g/mol. The van der Waals surface area contributed by atoms with Gasteiger partial charge in [-0.2, -0.15) is 7.05 Å². The van der Waals surface area contributed by atoms with E-state index in [1.807, 2.05) is 0 Å². The minimum atomic E-state index is -0.627. The Morgan fingerprint density at radius 3 is 2.38 bits per heavy atom. The van der Waals surface area contributed by atoms with Crippen LogP contribution in [0.15, 0.2) is 0 Å². The lowest BCUT2D eigenvalue weighted by Crippen LogP contribution is -3.09. The van der Waals surface area contributed by atoms with Crippen LogP contribution in [0, 0.1) is 7.05 Å². The van der Waals surface area contributed by atoms with Gasteiger partial charge in [-0.05, 0) is 0 Å². The van der Waals surface area contributed by atoms with Crippen LogP contribution in [0.25, 0.3) is 0 Å². The Bertz CT molecular complexity index is 256. The first kappa shape index (κ1) is 8.50. The van der Waals surface area contributed by atoms with Gasteiger partial charge in [0.2, 0.25) is 0 Å². The second-order valence-corrected chi connectivity index (χ2v) is 3.74. The number of imide groups is 1. The Morgan fingerprint density at radius 1 is 1.31 bits per heavy atom.